The number of aromatic nitrogens is 5. The molecule has 4 rings (SSSR count). The lowest BCUT2D eigenvalue weighted by molar-refractivity contribution is 0.836. The quantitative estimate of drug-likeness (QED) is 0.557. The van der Waals surface area contributed by atoms with Crippen LogP contribution in [0.4, 0.5) is 0 Å². The van der Waals surface area contributed by atoms with Crippen LogP contribution in [0.25, 0.3) is 22.7 Å². The molecule has 0 aliphatic rings. The molecule has 20 heavy (non-hydrogen) atoms. The second kappa shape index (κ2) is 4.31. The SMILES string of the molecule is c1ccc(-c2nc3ccccn3c2-n2cncn2)cc1. The van der Waals surface area contributed by atoms with E-state index in [1.807, 2.05) is 59.1 Å². The Labute approximate surface area is 115 Å². The lowest BCUT2D eigenvalue weighted by Crippen LogP contribution is -2.01. The molecule has 0 radical (unpaired) electrons. The molecule has 0 unspecified atom stereocenters. The normalized spacial score (nSPS) is 11.0. The summed E-state index contributed by atoms with van der Waals surface area (Å²) in [5.41, 5.74) is 2.83. The minimum absolute atomic E-state index is 0.886. The van der Waals surface area contributed by atoms with E-state index in [-0.39, 0.29) is 0 Å². The third kappa shape index (κ3) is 1.60. The summed E-state index contributed by atoms with van der Waals surface area (Å²) in [6.45, 7) is 0. The van der Waals surface area contributed by atoms with Crippen molar-refractivity contribution in [3.63, 3.8) is 0 Å². The zero-order chi connectivity index (χ0) is 13.4. The van der Waals surface area contributed by atoms with Crippen molar-refractivity contribution < 1.29 is 0 Å². The Bertz CT molecular complexity index is 847. The van der Waals surface area contributed by atoms with E-state index in [1.54, 1.807) is 11.0 Å². The van der Waals surface area contributed by atoms with Gasteiger partial charge in [-0.3, -0.25) is 4.40 Å². The first kappa shape index (κ1) is 10.9. The maximum atomic E-state index is 4.71. The molecule has 4 aromatic rings. The Balaban J connectivity index is 2.08. The van der Waals surface area contributed by atoms with Crippen LogP contribution in [0.5, 0.6) is 0 Å². The smallest absolute Gasteiger partial charge is 0.168 e. The Morgan fingerprint density at radius 2 is 1.75 bits per heavy atom. The first-order chi connectivity index (χ1) is 9.93. The van der Waals surface area contributed by atoms with Gasteiger partial charge in [-0.2, -0.15) is 5.10 Å². The van der Waals surface area contributed by atoms with Crippen LogP contribution >= 0.6 is 0 Å². The molecule has 0 atom stereocenters. The molecule has 0 spiro atoms. The fourth-order valence-electron chi connectivity index (χ4n) is 2.31. The second-order valence-electron chi connectivity index (χ2n) is 4.42. The number of benzene rings is 1. The van der Waals surface area contributed by atoms with Crippen LogP contribution < -0.4 is 0 Å². The number of nitrogens with zero attached hydrogens (tertiary/aromatic N) is 5. The molecule has 3 aromatic heterocycles. The molecule has 0 N–H and O–H groups in total. The molecule has 0 saturated heterocycles. The van der Waals surface area contributed by atoms with E-state index in [0.717, 1.165) is 22.7 Å². The summed E-state index contributed by atoms with van der Waals surface area (Å²) in [4.78, 5) is 8.74. The van der Waals surface area contributed by atoms with Crippen molar-refractivity contribution >= 4 is 5.65 Å². The van der Waals surface area contributed by atoms with Crippen LogP contribution in [0.3, 0.4) is 0 Å². The molecule has 5 nitrogen and oxygen atoms in total. The Morgan fingerprint density at radius 1 is 0.900 bits per heavy atom. The topological polar surface area (TPSA) is 48.0 Å². The number of imidazole rings is 1. The van der Waals surface area contributed by atoms with Crippen LogP contribution in [0.1, 0.15) is 0 Å². The third-order valence-electron chi connectivity index (χ3n) is 3.19. The van der Waals surface area contributed by atoms with Crippen molar-refractivity contribution in [2.75, 3.05) is 0 Å². The van der Waals surface area contributed by atoms with Crippen molar-refractivity contribution in [3.05, 3.63) is 67.4 Å². The van der Waals surface area contributed by atoms with Crippen molar-refractivity contribution in [2.45, 2.75) is 0 Å². The molecule has 5 heteroatoms. The summed E-state index contributed by atoms with van der Waals surface area (Å²) in [5.74, 6) is 0.893. The van der Waals surface area contributed by atoms with Crippen LogP contribution in [0.15, 0.2) is 67.4 Å². The predicted molar refractivity (Wildman–Crippen MR) is 75.5 cm³/mol. The zero-order valence-electron chi connectivity index (χ0n) is 10.6. The molecular weight excluding hydrogens is 250 g/mol. The van der Waals surface area contributed by atoms with Gasteiger partial charge in [0.2, 0.25) is 0 Å². The van der Waals surface area contributed by atoms with Gasteiger partial charge in [0.15, 0.2) is 5.82 Å². The van der Waals surface area contributed by atoms with Crippen LogP contribution in [0, 0.1) is 0 Å². The van der Waals surface area contributed by atoms with Gasteiger partial charge in [-0.15, -0.1) is 0 Å². The van der Waals surface area contributed by atoms with E-state index in [0.29, 0.717) is 0 Å². The molecule has 0 bridgehead atoms. The zero-order valence-corrected chi connectivity index (χ0v) is 10.6. The molecular formula is C15H11N5. The average molecular weight is 261 g/mol. The third-order valence-corrected chi connectivity index (χ3v) is 3.19. The van der Waals surface area contributed by atoms with Crippen LogP contribution in [0.2, 0.25) is 0 Å². The first-order valence-electron chi connectivity index (χ1n) is 6.31. The highest BCUT2D eigenvalue weighted by molar-refractivity contribution is 5.71. The Morgan fingerprint density at radius 3 is 2.55 bits per heavy atom. The summed E-state index contributed by atoms with van der Waals surface area (Å²) >= 11 is 0. The standard InChI is InChI=1S/C15H11N5/c1-2-6-12(7-3-1)14-15(20-11-16-10-17-20)19-9-5-4-8-13(19)18-14/h1-11H. The fourth-order valence-corrected chi connectivity index (χ4v) is 2.31. The first-order valence-corrected chi connectivity index (χ1v) is 6.31. The number of pyridine rings is 1. The Kier molecular flexibility index (Phi) is 2.35. The number of rotatable bonds is 2. The number of hydrogen-bond acceptors (Lipinski definition) is 3. The molecule has 0 amide bonds. The maximum Gasteiger partial charge on any atom is 0.168 e. The van der Waals surface area contributed by atoms with Gasteiger partial charge in [0, 0.05) is 11.8 Å². The van der Waals surface area contributed by atoms with Crippen molar-refractivity contribution in [1.29, 1.82) is 0 Å². The number of hydrogen-bond donors (Lipinski definition) is 0. The van der Waals surface area contributed by atoms with Gasteiger partial charge in [0.05, 0.1) is 0 Å². The van der Waals surface area contributed by atoms with Gasteiger partial charge in [0.25, 0.3) is 0 Å². The molecule has 96 valence electrons. The van der Waals surface area contributed by atoms with Crippen LogP contribution in [-0.2, 0) is 0 Å². The van der Waals surface area contributed by atoms with E-state index in [4.69, 9.17) is 4.98 Å². The predicted octanol–water partition coefficient (Wildman–Crippen LogP) is 2.58. The van der Waals surface area contributed by atoms with Crippen LogP contribution in [-0.4, -0.2) is 24.1 Å². The summed E-state index contributed by atoms with van der Waals surface area (Å²) in [7, 11) is 0. The van der Waals surface area contributed by atoms with E-state index < -0.39 is 0 Å². The van der Waals surface area contributed by atoms with Crippen molar-refractivity contribution in [3.8, 4) is 17.1 Å². The lowest BCUT2D eigenvalue weighted by Gasteiger charge is -2.04. The highest BCUT2D eigenvalue weighted by Crippen LogP contribution is 2.26. The monoisotopic (exact) mass is 261 g/mol. The largest absolute Gasteiger partial charge is 0.284 e. The van der Waals surface area contributed by atoms with Gasteiger partial charge >= 0.3 is 0 Å². The highest BCUT2D eigenvalue weighted by atomic mass is 15.4. The van der Waals surface area contributed by atoms with Gasteiger partial charge in [-0.05, 0) is 12.1 Å². The fraction of sp³-hybridized carbons (Fsp3) is 0. The van der Waals surface area contributed by atoms with E-state index in [9.17, 15) is 0 Å². The van der Waals surface area contributed by atoms with Gasteiger partial charge in [0.1, 0.15) is 24.0 Å². The summed E-state index contributed by atoms with van der Waals surface area (Å²) in [6.07, 6.45) is 5.19. The minimum Gasteiger partial charge on any atom is -0.284 e. The van der Waals surface area contributed by atoms with Gasteiger partial charge in [-0.1, -0.05) is 36.4 Å². The molecule has 0 fully saturated rings. The lowest BCUT2D eigenvalue weighted by atomic mass is 10.1. The van der Waals surface area contributed by atoms with E-state index in [1.165, 1.54) is 6.33 Å². The molecule has 3 heterocycles. The highest BCUT2D eigenvalue weighted by Gasteiger charge is 2.15. The summed E-state index contributed by atoms with van der Waals surface area (Å²) < 4.78 is 3.75. The van der Waals surface area contributed by atoms with Gasteiger partial charge in [-0.25, -0.2) is 14.6 Å². The number of fused-ring (bicyclic) bond motifs is 1. The second-order valence-corrected chi connectivity index (χ2v) is 4.42. The average Bonchev–Trinajstić information content (AvgIpc) is 3.14. The molecule has 1 aromatic carbocycles. The van der Waals surface area contributed by atoms with Crippen molar-refractivity contribution in [2.24, 2.45) is 0 Å². The van der Waals surface area contributed by atoms with E-state index >= 15 is 0 Å². The summed E-state index contributed by atoms with van der Waals surface area (Å²) in [6, 6.07) is 16.0. The van der Waals surface area contributed by atoms with E-state index in [2.05, 4.69) is 10.1 Å². The summed E-state index contributed by atoms with van der Waals surface area (Å²) in [5, 5.41) is 4.24. The molecule has 0 saturated carbocycles. The van der Waals surface area contributed by atoms with Gasteiger partial charge < -0.3 is 0 Å². The maximum absolute atomic E-state index is 4.71. The minimum atomic E-state index is 0.886. The Hall–Kier alpha value is -2.95. The molecule has 0 aliphatic heterocycles. The van der Waals surface area contributed by atoms with Crippen molar-refractivity contribution in [1.82, 2.24) is 24.1 Å². The molecule has 0 aliphatic carbocycles.